The van der Waals surface area contributed by atoms with Crippen LogP contribution in [0.2, 0.25) is 0 Å². The predicted molar refractivity (Wildman–Crippen MR) is 96.8 cm³/mol. The van der Waals surface area contributed by atoms with E-state index in [1.54, 1.807) is 24.3 Å². The van der Waals surface area contributed by atoms with E-state index in [0.717, 1.165) is 18.6 Å². The Morgan fingerprint density at radius 1 is 1.04 bits per heavy atom. The molecule has 2 N–H and O–H groups in total. The van der Waals surface area contributed by atoms with Gasteiger partial charge in [0.05, 0.1) is 0 Å². The van der Waals surface area contributed by atoms with Crippen molar-refractivity contribution in [1.82, 2.24) is 5.43 Å². The monoisotopic (exact) mass is 332 g/mol. The van der Waals surface area contributed by atoms with Crippen molar-refractivity contribution in [2.24, 2.45) is 16.9 Å². The average molecular weight is 332 g/mol. The summed E-state index contributed by atoms with van der Waals surface area (Å²) in [4.78, 5) is 12.9. The zero-order valence-electron chi connectivity index (χ0n) is 13.8. The average Bonchev–Trinajstić information content (AvgIpc) is 3.03. The molecule has 4 heteroatoms. The molecule has 1 fully saturated rings. The summed E-state index contributed by atoms with van der Waals surface area (Å²) >= 11 is 0. The Bertz CT molecular complexity index is 788. The summed E-state index contributed by atoms with van der Waals surface area (Å²) in [5.41, 5.74) is 2.88. The van der Waals surface area contributed by atoms with Gasteiger partial charge in [0, 0.05) is 11.6 Å². The van der Waals surface area contributed by atoms with Crippen molar-refractivity contribution in [3.05, 3.63) is 83.9 Å². The smallest absolute Gasteiger partial charge is 0.281 e. The molecule has 0 heterocycles. The van der Waals surface area contributed by atoms with Crippen LogP contribution in [0.1, 0.15) is 24.0 Å². The molecular formula is C21H20N2O2. The van der Waals surface area contributed by atoms with Crippen LogP contribution in [0.5, 0.6) is 0 Å². The first-order chi connectivity index (χ1) is 12.2. The SMILES string of the molecule is O=C(NN=C1CC2C=CCC12)C(O)(c1ccccc1)c1ccccc1. The van der Waals surface area contributed by atoms with Gasteiger partial charge in [-0.1, -0.05) is 72.8 Å². The Balaban J connectivity index is 1.62. The third kappa shape index (κ3) is 2.68. The van der Waals surface area contributed by atoms with E-state index in [-0.39, 0.29) is 0 Å². The fourth-order valence-electron chi connectivity index (χ4n) is 3.65. The molecule has 0 aliphatic heterocycles. The van der Waals surface area contributed by atoms with Crippen molar-refractivity contribution in [3.63, 3.8) is 0 Å². The van der Waals surface area contributed by atoms with Gasteiger partial charge in [0.25, 0.3) is 5.91 Å². The zero-order chi connectivity index (χ0) is 17.3. The van der Waals surface area contributed by atoms with E-state index in [1.807, 2.05) is 36.4 Å². The summed E-state index contributed by atoms with van der Waals surface area (Å²) in [6.07, 6.45) is 6.26. The molecule has 2 atom stereocenters. The van der Waals surface area contributed by atoms with E-state index >= 15 is 0 Å². The van der Waals surface area contributed by atoms with Crippen LogP contribution in [0.25, 0.3) is 0 Å². The van der Waals surface area contributed by atoms with Gasteiger partial charge in [0.2, 0.25) is 0 Å². The van der Waals surface area contributed by atoms with Gasteiger partial charge in [0.1, 0.15) is 0 Å². The molecule has 2 aromatic carbocycles. The quantitative estimate of drug-likeness (QED) is 0.668. The Labute approximate surface area is 146 Å². The first-order valence-electron chi connectivity index (χ1n) is 8.56. The fourth-order valence-corrected chi connectivity index (χ4v) is 3.65. The van der Waals surface area contributed by atoms with E-state index in [0.29, 0.717) is 23.0 Å². The minimum Gasteiger partial charge on any atom is -0.372 e. The van der Waals surface area contributed by atoms with Gasteiger partial charge in [0.15, 0.2) is 5.60 Å². The molecular weight excluding hydrogens is 312 g/mol. The lowest BCUT2D eigenvalue weighted by molar-refractivity contribution is -0.136. The Morgan fingerprint density at radius 3 is 2.20 bits per heavy atom. The van der Waals surface area contributed by atoms with Crippen LogP contribution in [-0.2, 0) is 10.4 Å². The first-order valence-corrected chi connectivity index (χ1v) is 8.56. The highest BCUT2D eigenvalue weighted by molar-refractivity contribution is 5.96. The molecule has 126 valence electrons. The summed E-state index contributed by atoms with van der Waals surface area (Å²) in [6.45, 7) is 0. The second-order valence-electron chi connectivity index (χ2n) is 6.62. The van der Waals surface area contributed by atoms with Gasteiger partial charge in [-0.25, -0.2) is 5.43 Å². The van der Waals surface area contributed by atoms with Gasteiger partial charge in [-0.15, -0.1) is 0 Å². The molecule has 0 spiro atoms. The topological polar surface area (TPSA) is 61.7 Å². The lowest BCUT2D eigenvalue weighted by Crippen LogP contribution is -2.45. The lowest BCUT2D eigenvalue weighted by atomic mass is 9.74. The number of nitrogens with one attached hydrogen (secondary N) is 1. The lowest BCUT2D eigenvalue weighted by Gasteiger charge is -2.32. The van der Waals surface area contributed by atoms with Gasteiger partial charge in [-0.3, -0.25) is 4.79 Å². The molecule has 0 radical (unpaired) electrons. The van der Waals surface area contributed by atoms with E-state index < -0.39 is 11.5 Å². The second kappa shape index (κ2) is 6.30. The summed E-state index contributed by atoms with van der Waals surface area (Å²) in [6, 6.07) is 17.9. The van der Waals surface area contributed by atoms with Crippen LogP contribution in [0.4, 0.5) is 0 Å². The number of fused-ring (bicyclic) bond motifs is 1. The van der Waals surface area contributed by atoms with Crippen molar-refractivity contribution >= 4 is 11.6 Å². The number of rotatable bonds is 4. The van der Waals surface area contributed by atoms with Gasteiger partial charge in [-0.2, -0.15) is 5.10 Å². The number of aliphatic hydroxyl groups is 1. The van der Waals surface area contributed by atoms with Crippen LogP contribution < -0.4 is 5.43 Å². The van der Waals surface area contributed by atoms with Gasteiger partial charge < -0.3 is 5.11 Å². The molecule has 0 saturated heterocycles. The van der Waals surface area contributed by atoms with Crippen molar-refractivity contribution in [2.75, 3.05) is 0 Å². The maximum absolute atomic E-state index is 12.9. The van der Waals surface area contributed by atoms with Crippen LogP contribution in [0.3, 0.4) is 0 Å². The van der Waals surface area contributed by atoms with Crippen LogP contribution in [0, 0.1) is 11.8 Å². The summed E-state index contributed by atoms with van der Waals surface area (Å²) in [5.74, 6) is 0.450. The predicted octanol–water partition coefficient (Wildman–Crippen LogP) is 2.99. The zero-order valence-corrected chi connectivity index (χ0v) is 13.8. The molecule has 25 heavy (non-hydrogen) atoms. The third-order valence-electron chi connectivity index (χ3n) is 5.18. The van der Waals surface area contributed by atoms with Crippen molar-refractivity contribution < 1.29 is 9.90 Å². The number of hydrazone groups is 1. The Morgan fingerprint density at radius 2 is 1.64 bits per heavy atom. The number of hydrogen-bond acceptors (Lipinski definition) is 3. The normalized spacial score (nSPS) is 23.2. The summed E-state index contributed by atoms with van der Waals surface area (Å²) in [5, 5.41) is 15.6. The van der Waals surface area contributed by atoms with E-state index in [9.17, 15) is 9.90 Å². The maximum atomic E-state index is 12.9. The molecule has 4 rings (SSSR count). The molecule has 2 aromatic rings. The summed E-state index contributed by atoms with van der Waals surface area (Å²) < 4.78 is 0. The van der Waals surface area contributed by atoms with Gasteiger partial charge in [-0.05, 0) is 29.9 Å². The Kier molecular flexibility index (Phi) is 3.98. The number of allylic oxidation sites excluding steroid dienone is 2. The van der Waals surface area contributed by atoms with E-state index in [2.05, 4.69) is 22.7 Å². The third-order valence-corrected chi connectivity index (χ3v) is 5.18. The standard InChI is InChI=1S/C21H20N2O2/c24-20(23-22-19-14-15-8-7-13-18(15)19)21(25,16-9-3-1-4-10-16)17-11-5-2-6-12-17/h1-12,15,18,25H,13-14H2,(H,23,24). The molecule has 0 bridgehead atoms. The minimum absolute atomic E-state index is 0.418. The number of carbonyl (C=O) groups excluding carboxylic acids is 1. The highest BCUT2D eigenvalue weighted by atomic mass is 16.3. The number of amides is 1. The largest absolute Gasteiger partial charge is 0.372 e. The first kappa shape index (κ1) is 15.8. The fraction of sp³-hybridized carbons (Fsp3) is 0.238. The van der Waals surface area contributed by atoms with Crippen LogP contribution in [0.15, 0.2) is 77.9 Å². The molecule has 2 aliphatic carbocycles. The minimum atomic E-state index is -1.77. The molecule has 1 saturated carbocycles. The Hall–Kier alpha value is -2.72. The molecule has 0 aromatic heterocycles. The molecule has 2 aliphatic rings. The maximum Gasteiger partial charge on any atom is 0.281 e. The number of carbonyl (C=O) groups is 1. The number of benzene rings is 2. The van der Waals surface area contributed by atoms with Gasteiger partial charge >= 0.3 is 0 Å². The highest BCUT2D eigenvalue weighted by Gasteiger charge is 2.41. The summed E-state index contributed by atoms with van der Waals surface area (Å²) in [7, 11) is 0. The number of nitrogens with zero attached hydrogens (tertiary/aromatic N) is 1. The highest BCUT2D eigenvalue weighted by Crippen LogP contribution is 2.40. The van der Waals surface area contributed by atoms with E-state index in [1.165, 1.54) is 0 Å². The van der Waals surface area contributed by atoms with E-state index in [4.69, 9.17) is 0 Å². The van der Waals surface area contributed by atoms with Crippen LogP contribution >= 0.6 is 0 Å². The van der Waals surface area contributed by atoms with Crippen molar-refractivity contribution in [3.8, 4) is 0 Å². The second-order valence-corrected chi connectivity index (χ2v) is 6.62. The molecule has 4 nitrogen and oxygen atoms in total. The number of hydrogen-bond donors (Lipinski definition) is 2. The molecule has 1 amide bonds. The van der Waals surface area contributed by atoms with Crippen LogP contribution in [-0.4, -0.2) is 16.7 Å². The molecule has 2 unspecified atom stereocenters. The van der Waals surface area contributed by atoms with Crippen molar-refractivity contribution in [1.29, 1.82) is 0 Å². The van der Waals surface area contributed by atoms with Crippen molar-refractivity contribution in [2.45, 2.75) is 18.4 Å².